The molecule has 1 aromatic carbocycles. The Morgan fingerprint density at radius 3 is 2.52 bits per heavy atom. The lowest BCUT2D eigenvalue weighted by Crippen LogP contribution is -2.57. The fraction of sp³-hybridized carbons (Fsp3) is 0.353. The van der Waals surface area contributed by atoms with E-state index in [-0.39, 0.29) is 24.2 Å². The first-order valence-electron chi connectivity index (χ1n) is 7.76. The summed E-state index contributed by atoms with van der Waals surface area (Å²) in [4.78, 5) is 35.4. The lowest BCUT2D eigenvalue weighted by molar-refractivity contribution is -0.117. The van der Waals surface area contributed by atoms with Crippen LogP contribution in [-0.2, 0) is 20.8 Å². The van der Waals surface area contributed by atoms with Gasteiger partial charge >= 0.3 is 6.18 Å². The third-order valence-electron chi connectivity index (χ3n) is 4.00. The summed E-state index contributed by atoms with van der Waals surface area (Å²) in [5.41, 5.74) is -0.426. The van der Waals surface area contributed by atoms with Crippen molar-refractivity contribution >= 4 is 47.2 Å². The normalized spacial score (nSPS) is 21.1. The number of nitrogens with zero attached hydrogens (tertiary/aromatic N) is 1. The van der Waals surface area contributed by atoms with Crippen molar-refractivity contribution < 1.29 is 27.6 Å². The SMILES string of the molecule is CC(=O)C(Cl)Cc1cc(N2C(C=O)C=C(C(F)(F)F)NC2C=O)ccc1Cl. The highest BCUT2D eigenvalue weighted by atomic mass is 35.5. The monoisotopic (exact) mass is 422 g/mol. The number of hydrogen-bond donors (Lipinski definition) is 1. The molecule has 146 valence electrons. The number of aldehydes is 2. The molecule has 1 N–H and O–H groups in total. The van der Waals surface area contributed by atoms with E-state index in [0.29, 0.717) is 22.9 Å². The van der Waals surface area contributed by atoms with Crippen LogP contribution >= 0.6 is 23.2 Å². The summed E-state index contributed by atoms with van der Waals surface area (Å²) >= 11 is 12.1. The van der Waals surface area contributed by atoms with Gasteiger partial charge in [-0.3, -0.25) is 9.59 Å². The van der Waals surface area contributed by atoms with Crippen LogP contribution in [0.3, 0.4) is 0 Å². The van der Waals surface area contributed by atoms with Gasteiger partial charge in [0.25, 0.3) is 0 Å². The summed E-state index contributed by atoms with van der Waals surface area (Å²) in [6, 6.07) is 3.08. The van der Waals surface area contributed by atoms with Crippen molar-refractivity contribution in [3.8, 4) is 0 Å². The number of hydrogen-bond acceptors (Lipinski definition) is 5. The fourth-order valence-electron chi connectivity index (χ4n) is 2.64. The summed E-state index contributed by atoms with van der Waals surface area (Å²) in [7, 11) is 0. The maximum Gasteiger partial charge on any atom is 0.430 e. The van der Waals surface area contributed by atoms with Crippen LogP contribution in [0.25, 0.3) is 0 Å². The van der Waals surface area contributed by atoms with Gasteiger partial charge in [0.1, 0.15) is 23.8 Å². The minimum Gasteiger partial charge on any atom is -0.355 e. The van der Waals surface area contributed by atoms with Gasteiger partial charge in [0, 0.05) is 10.7 Å². The van der Waals surface area contributed by atoms with Gasteiger partial charge in [-0.25, -0.2) is 0 Å². The molecule has 0 amide bonds. The number of carbonyl (C=O) groups excluding carboxylic acids is 3. The van der Waals surface area contributed by atoms with E-state index in [1.54, 1.807) is 0 Å². The first-order chi connectivity index (χ1) is 12.6. The zero-order chi connectivity index (χ0) is 20.4. The molecule has 0 fully saturated rings. The van der Waals surface area contributed by atoms with Crippen molar-refractivity contribution in [3.63, 3.8) is 0 Å². The molecule has 3 atom stereocenters. The summed E-state index contributed by atoms with van der Waals surface area (Å²) in [6.45, 7) is 1.32. The number of benzene rings is 1. The molecule has 0 radical (unpaired) electrons. The number of nitrogens with one attached hydrogen (secondary N) is 1. The largest absolute Gasteiger partial charge is 0.430 e. The predicted molar refractivity (Wildman–Crippen MR) is 94.9 cm³/mol. The number of alkyl halides is 4. The molecule has 0 saturated carbocycles. The predicted octanol–water partition coefficient (Wildman–Crippen LogP) is 3.03. The van der Waals surface area contributed by atoms with E-state index in [1.807, 2.05) is 0 Å². The third-order valence-corrected chi connectivity index (χ3v) is 4.83. The van der Waals surface area contributed by atoms with Gasteiger partial charge in [0.2, 0.25) is 0 Å². The Balaban J connectivity index is 2.45. The van der Waals surface area contributed by atoms with Gasteiger partial charge in [-0.05, 0) is 43.2 Å². The average Bonchev–Trinajstić information content (AvgIpc) is 2.61. The molecule has 5 nitrogen and oxygen atoms in total. The van der Waals surface area contributed by atoms with E-state index in [9.17, 15) is 27.6 Å². The topological polar surface area (TPSA) is 66.5 Å². The van der Waals surface area contributed by atoms with E-state index in [2.05, 4.69) is 5.32 Å². The van der Waals surface area contributed by atoms with Crippen molar-refractivity contribution in [2.24, 2.45) is 0 Å². The summed E-state index contributed by atoms with van der Waals surface area (Å²) in [5.74, 6) is -0.271. The second-order valence-electron chi connectivity index (χ2n) is 5.90. The third kappa shape index (κ3) is 4.81. The maximum atomic E-state index is 13.0. The van der Waals surface area contributed by atoms with Crippen molar-refractivity contribution in [1.82, 2.24) is 5.32 Å². The van der Waals surface area contributed by atoms with Crippen LogP contribution in [0.4, 0.5) is 18.9 Å². The van der Waals surface area contributed by atoms with Crippen LogP contribution in [0.15, 0.2) is 30.0 Å². The highest BCUT2D eigenvalue weighted by molar-refractivity contribution is 6.32. The Morgan fingerprint density at radius 2 is 2.00 bits per heavy atom. The number of Topliss-reactive ketones (excluding diaryl/α,β-unsaturated/α-hetero) is 1. The van der Waals surface area contributed by atoms with Gasteiger partial charge < -0.3 is 15.0 Å². The van der Waals surface area contributed by atoms with Crippen molar-refractivity contribution in [2.75, 3.05) is 4.90 Å². The fourth-order valence-corrected chi connectivity index (χ4v) is 3.00. The zero-order valence-electron chi connectivity index (χ0n) is 14.0. The van der Waals surface area contributed by atoms with Crippen LogP contribution in [0.5, 0.6) is 0 Å². The van der Waals surface area contributed by atoms with Crippen molar-refractivity contribution in [1.29, 1.82) is 0 Å². The molecular weight excluding hydrogens is 408 g/mol. The number of anilines is 1. The minimum absolute atomic E-state index is 0.0893. The van der Waals surface area contributed by atoms with Gasteiger partial charge in [-0.15, -0.1) is 11.6 Å². The Hall–Kier alpha value is -2.06. The first-order valence-corrected chi connectivity index (χ1v) is 8.57. The molecule has 0 bridgehead atoms. The average molecular weight is 423 g/mol. The zero-order valence-corrected chi connectivity index (χ0v) is 15.5. The first kappa shape index (κ1) is 21.2. The van der Waals surface area contributed by atoms with Gasteiger partial charge in [-0.1, -0.05) is 11.6 Å². The van der Waals surface area contributed by atoms with Crippen LogP contribution in [0.1, 0.15) is 12.5 Å². The molecule has 27 heavy (non-hydrogen) atoms. The highest BCUT2D eigenvalue weighted by Gasteiger charge is 2.41. The number of rotatable bonds is 6. The Bertz CT molecular complexity index is 783. The Kier molecular flexibility index (Phi) is 6.54. The number of carbonyl (C=O) groups is 3. The molecular formula is C17H15Cl2F3N2O3. The molecule has 3 unspecified atom stereocenters. The van der Waals surface area contributed by atoms with Crippen molar-refractivity contribution in [3.05, 3.63) is 40.6 Å². The Labute approximate surface area is 163 Å². The molecule has 0 aliphatic carbocycles. The van der Waals surface area contributed by atoms with Crippen LogP contribution < -0.4 is 10.2 Å². The number of allylic oxidation sites excluding steroid dienone is 1. The molecule has 2 rings (SSSR count). The van der Waals surface area contributed by atoms with Crippen molar-refractivity contribution in [2.45, 2.75) is 37.1 Å². The smallest absolute Gasteiger partial charge is 0.355 e. The van der Waals surface area contributed by atoms with E-state index in [0.717, 1.165) is 0 Å². The Morgan fingerprint density at radius 1 is 1.33 bits per heavy atom. The number of halogens is 5. The molecule has 1 aliphatic rings. The van der Waals surface area contributed by atoms with E-state index < -0.39 is 29.5 Å². The molecule has 0 spiro atoms. The lowest BCUT2D eigenvalue weighted by atomic mass is 10.0. The van der Waals surface area contributed by atoms with E-state index >= 15 is 0 Å². The summed E-state index contributed by atoms with van der Waals surface area (Å²) in [5, 5.41) is 1.53. The molecule has 0 aromatic heterocycles. The molecule has 1 aliphatic heterocycles. The maximum absolute atomic E-state index is 13.0. The van der Waals surface area contributed by atoms with Crippen LogP contribution in [-0.4, -0.2) is 42.1 Å². The second-order valence-corrected chi connectivity index (χ2v) is 6.83. The summed E-state index contributed by atoms with van der Waals surface area (Å²) in [6.07, 6.45) is -4.79. The standard InChI is InChI=1S/C17H15Cl2F3N2O3/c1-9(27)14(19)5-10-4-11(2-3-13(10)18)24-12(7-25)6-15(17(20,21)22)23-16(24)8-26/h2-4,6-8,12,14,16,23H,5H2,1H3. The van der Waals surface area contributed by atoms with Gasteiger partial charge in [0.15, 0.2) is 12.5 Å². The summed E-state index contributed by atoms with van der Waals surface area (Å²) < 4.78 is 38.9. The second kappa shape index (κ2) is 8.31. The quantitative estimate of drug-likeness (QED) is 0.563. The lowest BCUT2D eigenvalue weighted by Gasteiger charge is -2.39. The van der Waals surface area contributed by atoms with Crippen LogP contribution in [0, 0.1) is 0 Å². The highest BCUT2D eigenvalue weighted by Crippen LogP contribution is 2.32. The number of ketones is 1. The van der Waals surface area contributed by atoms with E-state index in [1.165, 1.54) is 30.0 Å². The molecule has 1 heterocycles. The van der Waals surface area contributed by atoms with Gasteiger partial charge in [0.05, 0.1) is 5.38 Å². The minimum atomic E-state index is -4.73. The van der Waals surface area contributed by atoms with Crippen LogP contribution in [0.2, 0.25) is 5.02 Å². The van der Waals surface area contributed by atoms with Gasteiger partial charge in [-0.2, -0.15) is 13.2 Å². The van der Waals surface area contributed by atoms with E-state index in [4.69, 9.17) is 23.2 Å². The molecule has 0 saturated heterocycles. The molecule has 1 aromatic rings. The molecule has 10 heteroatoms.